The second-order valence-corrected chi connectivity index (χ2v) is 2.74. The first kappa shape index (κ1) is 12.3. The first-order valence-corrected chi connectivity index (χ1v) is 3.81. The van der Waals surface area contributed by atoms with Crippen molar-refractivity contribution >= 4 is 6.29 Å². The van der Waals surface area contributed by atoms with Gasteiger partial charge in [0, 0.05) is 0 Å². The van der Waals surface area contributed by atoms with E-state index >= 15 is 0 Å². The summed E-state index contributed by atoms with van der Waals surface area (Å²) in [4.78, 5) is 13.1. The van der Waals surface area contributed by atoms with E-state index in [0.717, 1.165) is 0 Å². The standard InChI is InChI=1S/C8H4F5NO2/c9-7(10)5-6(16)4(8(11,12)13)1-3(2-15)14-5/h1-2,7,16H. The predicted octanol–water partition coefficient (Wildman–Crippen LogP) is 2.56. The number of hydrogen-bond donors (Lipinski definition) is 1. The molecule has 0 saturated heterocycles. The van der Waals surface area contributed by atoms with Crippen LogP contribution in [0.2, 0.25) is 0 Å². The molecule has 1 aromatic heterocycles. The van der Waals surface area contributed by atoms with Crippen molar-refractivity contribution in [3.63, 3.8) is 0 Å². The highest BCUT2D eigenvalue weighted by atomic mass is 19.4. The fraction of sp³-hybridized carbons (Fsp3) is 0.250. The molecule has 1 aromatic rings. The van der Waals surface area contributed by atoms with Crippen molar-refractivity contribution < 1.29 is 31.9 Å². The van der Waals surface area contributed by atoms with Crippen molar-refractivity contribution in [1.82, 2.24) is 4.98 Å². The minimum Gasteiger partial charge on any atom is -0.505 e. The van der Waals surface area contributed by atoms with Gasteiger partial charge in [-0.1, -0.05) is 0 Å². The van der Waals surface area contributed by atoms with Crippen LogP contribution in [0.1, 0.15) is 28.2 Å². The van der Waals surface area contributed by atoms with E-state index in [0.29, 0.717) is 0 Å². The van der Waals surface area contributed by atoms with Gasteiger partial charge in [0.15, 0.2) is 12.0 Å². The number of pyridine rings is 1. The molecule has 88 valence electrons. The molecule has 8 heteroatoms. The number of carbonyl (C=O) groups excluding carboxylic acids is 1. The van der Waals surface area contributed by atoms with E-state index in [4.69, 9.17) is 5.11 Å². The van der Waals surface area contributed by atoms with Crippen LogP contribution >= 0.6 is 0 Å². The quantitative estimate of drug-likeness (QED) is 0.639. The Kier molecular flexibility index (Phi) is 3.11. The molecule has 0 amide bonds. The third kappa shape index (κ3) is 2.26. The van der Waals surface area contributed by atoms with E-state index in [1.807, 2.05) is 0 Å². The summed E-state index contributed by atoms with van der Waals surface area (Å²) in [5.74, 6) is -1.66. The Bertz CT molecular complexity index is 416. The Balaban J connectivity index is 3.49. The van der Waals surface area contributed by atoms with Crippen LogP contribution in [-0.2, 0) is 6.18 Å². The number of carbonyl (C=O) groups is 1. The molecule has 0 atom stereocenters. The number of aldehydes is 1. The Morgan fingerprint density at radius 1 is 1.38 bits per heavy atom. The predicted molar refractivity (Wildman–Crippen MR) is 41.2 cm³/mol. The van der Waals surface area contributed by atoms with Crippen molar-refractivity contribution in [2.45, 2.75) is 12.6 Å². The molecular formula is C8H4F5NO2. The first-order valence-electron chi connectivity index (χ1n) is 3.81. The Morgan fingerprint density at radius 2 is 1.94 bits per heavy atom. The maximum Gasteiger partial charge on any atom is 0.420 e. The first-order chi connectivity index (χ1) is 7.27. The van der Waals surface area contributed by atoms with Crippen LogP contribution in [0.25, 0.3) is 0 Å². The van der Waals surface area contributed by atoms with Gasteiger partial charge in [0.25, 0.3) is 6.43 Å². The maximum atomic E-state index is 12.3. The zero-order valence-corrected chi connectivity index (χ0v) is 7.42. The Labute approximate surface area is 85.5 Å². The Hall–Kier alpha value is -1.73. The largest absolute Gasteiger partial charge is 0.505 e. The van der Waals surface area contributed by atoms with Gasteiger partial charge in [-0.15, -0.1) is 0 Å². The summed E-state index contributed by atoms with van der Waals surface area (Å²) in [7, 11) is 0. The van der Waals surface area contributed by atoms with Gasteiger partial charge in [-0.05, 0) is 6.07 Å². The summed E-state index contributed by atoms with van der Waals surface area (Å²) in [6.07, 6.45) is -8.55. The van der Waals surface area contributed by atoms with Gasteiger partial charge in [-0.3, -0.25) is 4.79 Å². The van der Waals surface area contributed by atoms with E-state index in [1.54, 1.807) is 0 Å². The van der Waals surface area contributed by atoms with E-state index in [1.165, 1.54) is 0 Å². The zero-order valence-electron chi connectivity index (χ0n) is 7.42. The number of hydrogen-bond acceptors (Lipinski definition) is 3. The fourth-order valence-electron chi connectivity index (χ4n) is 1.01. The molecule has 0 aromatic carbocycles. The van der Waals surface area contributed by atoms with Crippen LogP contribution < -0.4 is 0 Å². The number of aromatic nitrogens is 1. The zero-order chi connectivity index (χ0) is 12.5. The van der Waals surface area contributed by atoms with Crippen LogP contribution in [0.4, 0.5) is 22.0 Å². The lowest BCUT2D eigenvalue weighted by molar-refractivity contribution is -0.139. The molecule has 1 N–H and O–H groups in total. The van der Waals surface area contributed by atoms with Crippen LogP contribution in [-0.4, -0.2) is 16.4 Å². The molecule has 0 fully saturated rings. The molecule has 0 unspecified atom stereocenters. The minimum absolute atomic E-state index is 0.111. The molecule has 0 saturated carbocycles. The number of alkyl halides is 5. The van der Waals surface area contributed by atoms with Gasteiger partial charge in [-0.2, -0.15) is 13.2 Å². The van der Waals surface area contributed by atoms with Gasteiger partial charge >= 0.3 is 6.18 Å². The van der Waals surface area contributed by atoms with Crippen molar-refractivity contribution in [1.29, 1.82) is 0 Å². The topological polar surface area (TPSA) is 50.2 Å². The highest BCUT2D eigenvalue weighted by Gasteiger charge is 2.37. The van der Waals surface area contributed by atoms with E-state index in [2.05, 4.69) is 4.98 Å². The Morgan fingerprint density at radius 3 is 2.31 bits per heavy atom. The van der Waals surface area contributed by atoms with Crippen molar-refractivity contribution in [2.24, 2.45) is 0 Å². The summed E-state index contributed by atoms with van der Waals surface area (Å²) in [5, 5.41) is 8.94. The summed E-state index contributed by atoms with van der Waals surface area (Å²) in [6.45, 7) is 0. The molecule has 1 heterocycles. The summed E-state index contributed by atoms with van der Waals surface area (Å²) >= 11 is 0. The third-order valence-electron chi connectivity index (χ3n) is 1.67. The summed E-state index contributed by atoms with van der Waals surface area (Å²) in [5.41, 5.74) is -3.99. The van der Waals surface area contributed by atoms with Gasteiger partial charge in [0.1, 0.15) is 17.0 Å². The average molecular weight is 241 g/mol. The van der Waals surface area contributed by atoms with Crippen LogP contribution in [0.5, 0.6) is 5.75 Å². The lowest BCUT2D eigenvalue weighted by atomic mass is 10.1. The second kappa shape index (κ2) is 4.03. The number of nitrogens with zero attached hydrogens (tertiary/aromatic N) is 1. The fourth-order valence-corrected chi connectivity index (χ4v) is 1.01. The molecule has 0 bridgehead atoms. The molecule has 16 heavy (non-hydrogen) atoms. The van der Waals surface area contributed by atoms with Crippen LogP contribution in [0.15, 0.2) is 6.07 Å². The lowest BCUT2D eigenvalue weighted by Gasteiger charge is -2.12. The minimum atomic E-state index is -5.03. The normalized spacial score (nSPS) is 11.9. The van der Waals surface area contributed by atoms with Crippen molar-refractivity contribution in [2.75, 3.05) is 0 Å². The van der Waals surface area contributed by atoms with Crippen LogP contribution in [0, 0.1) is 0 Å². The van der Waals surface area contributed by atoms with E-state index in [-0.39, 0.29) is 12.4 Å². The summed E-state index contributed by atoms with van der Waals surface area (Å²) < 4.78 is 61.2. The van der Waals surface area contributed by atoms with Crippen LogP contribution in [0.3, 0.4) is 0 Å². The number of halogens is 5. The molecular weight excluding hydrogens is 237 g/mol. The monoisotopic (exact) mass is 241 g/mol. The third-order valence-corrected chi connectivity index (χ3v) is 1.67. The van der Waals surface area contributed by atoms with Gasteiger partial charge in [0.05, 0.1) is 0 Å². The van der Waals surface area contributed by atoms with Gasteiger partial charge < -0.3 is 5.11 Å². The van der Waals surface area contributed by atoms with Crippen molar-refractivity contribution in [3.05, 3.63) is 23.0 Å². The van der Waals surface area contributed by atoms with Gasteiger partial charge in [0.2, 0.25) is 0 Å². The van der Waals surface area contributed by atoms with Gasteiger partial charge in [-0.25, -0.2) is 13.8 Å². The molecule has 1 rings (SSSR count). The average Bonchev–Trinajstić information content (AvgIpc) is 2.15. The van der Waals surface area contributed by atoms with Crippen molar-refractivity contribution in [3.8, 4) is 5.75 Å². The van der Waals surface area contributed by atoms with E-state index in [9.17, 15) is 26.7 Å². The second-order valence-electron chi connectivity index (χ2n) is 2.74. The maximum absolute atomic E-state index is 12.3. The number of aromatic hydroxyl groups is 1. The summed E-state index contributed by atoms with van der Waals surface area (Å²) in [6, 6.07) is 0.203. The molecule has 0 radical (unpaired) electrons. The molecule has 0 spiro atoms. The lowest BCUT2D eigenvalue weighted by Crippen LogP contribution is -2.09. The molecule has 3 nitrogen and oxygen atoms in total. The van der Waals surface area contributed by atoms with E-state index < -0.39 is 35.3 Å². The SMILES string of the molecule is O=Cc1cc(C(F)(F)F)c(O)c(C(F)F)n1. The number of rotatable bonds is 2. The highest BCUT2D eigenvalue weighted by molar-refractivity contribution is 5.73. The molecule has 0 aliphatic carbocycles. The highest BCUT2D eigenvalue weighted by Crippen LogP contribution is 2.39. The molecule has 0 aliphatic heterocycles. The smallest absolute Gasteiger partial charge is 0.420 e. The molecule has 0 aliphatic rings.